The van der Waals surface area contributed by atoms with E-state index in [0.29, 0.717) is 6.42 Å². The summed E-state index contributed by atoms with van der Waals surface area (Å²) in [6, 6.07) is 2.89. The number of carbonyl (C=O) groups excluding carboxylic acids is 1. The largest absolute Gasteiger partial charge is 0.347 e. The molecule has 0 spiro atoms. The highest BCUT2D eigenvalue weighted by Gasteiger charge is 2.22. The van der Waals surface area contributed by atoms with Gasteiger partial charge in [-0.25, -0.2) is 4.39 Å². The van der Waals surface area contributed by atoms with Crippen molar-refractivity contribution in [2.75, 3.05) is 0 Å². The fourth-order valence-electron chi connectivity index (χ4n) is 1.26. The highest BCUT2D eigenvalue weighted by molar-refractivity contribution is 5.95. The molecule has 18 heavy (non-hydrogen) atoms. The normalized spacial score (nSPS) is 11.1. The number of nitrogens with zero attached hydrogens (tertiary/aromatic N) is 1. The van der Waals surface area contributed by atoms with Gasteiger partial charge in [-0.05, 0) is 26.3 Å². The van der Waals surface area contributed by atoms with Gasteiger partial charge in [-0.2, -0.15) is 0 Å². The summed E-state index contributed by atoms with van der Waals surface area (Å²) < 4.78 is 13.5. The zero-order chi connectivity index (χ0) is 13.9. The summed E-state index contributed by atoms with van der Waals surface area (Å²) in [6.07, 6.45) is 0.662. The third-order valence-corrected chi connectivity index (χ3v) is 2.74. The molecular formula is C12H15FN2O3. The molecule has 1 N–H and O–H groups in total. The highest BCUT2D eigenvalue weighted by atomic mass is 19.1. The van der Waals surface area contributed by atoms with Gasteiger partial charge in [0.1, 0.15) is 5.82 Å². The summed E-state index contributed by atoms with van der Waals surface area (Å²) in [6.45, 7) is 5.46. The van der Waals surface area contributed by atoms with Crippen LogP contribution in [0.15, 0.2) is 18.2 Å². The Bertz CT molecular complexity index is 486. The van der Waals surface area contributed by atoms with Crippen LogP contribution in [0, 0.1) is 15.9 Å². The molecule has 0 aromatic heterocycles. The number of carbonyl (C=O) groups is 1. The minimum absolute atomic E-state index is 0.309. The van der Waals surface area contributed by atoms with E-state index in [0.717, 1.165) is 18.2 Å². The minimum atomic E-state index is -0.773. The van der Waals surface area contributed by atoms with E-state index >= 15 is 0 Å². The zero-order valence-electron chi connectivity index (χ0n) is 10.5. The van der Waals surface area contributed by atoms with E-state index in [4.69, 9.17) is 0 Å². The van der Waals surface area contributed by atoms with Gasteiger partial charge in [0.25, 0.3) is 11.6 Å². The zero-order valence-corrected chi connectivity index (χ0v) is 10.5. The van der Waals surface area contributed by atoms with Crippen molar-refractivity contribution >= 4 is 11.6 Å². The molecule has 1 aromatic carbocycles. The maximum atomic E-state index is 13.5. The first-order chi connectivity index (χ1) is 8.26. The van der Waals surface area contributed by atoms with Crippen molar-refractivity contribution in [3.8, 4) is 0 Å². The second kappa shape index (κ2) is 5.12. The Kier molecular flexibility index (Phi) is 4.00. The number of rotatable bonds is 4. The number of benzene rings is 1. The van der Waals surface area contributed by atoms with Gasteiger partial charge < -0.3 is 5.32 Å². The van der Waals surface area contributed by atoms with Gasteiger partial charge in [0.2, 0.25) is 0 Å². The van der Waals surface area contributed by atoms with E-state index in [-0.39, 0.29) is 11.3 Å². The molecule has 0 bridgehead atoms. The SMILES string of the molecule is CCC(C)(C)NC(=O)c1cc([N+](=O)[O-])ccc1F. The smallest absolute Gasteiger partial charge is 0.270 e. The molecule has 5 nitrogen and oxygen atoms in total. The Balaban J connectivity index is 3.05. The van der Waals surface area contributed by atoms with E-state index in [9.17, 15) is 19.3 Å². The summed E-state index contributed by atoms with van der Waals surface area (Å²) in [4.78, 5) is 21.8. The predicted molar refractivity (Wildman–Crippen MR) is 64.9 cm³/mol. The second-order valence-electron chi connectivity index (χ2n) is 4.61. The molecule has 0 saturated heterocycles. The fraction of sp³-hybridized carbons (Fsp3) is 0.417. The third kappa shape index (κ3) is 3.26. The molecule has 0 radical (unpaired) electrons. The topological polar surface area (TPSA) is 72.2 Å². The lowest BCUT2D eigenvalue weighted by atomic mass is 10.0. The number of amides is 1. The van der Waals surface area contributed by atoms with Crippen molar-refractivity contribution in [1.82, 2.24) is 5.32 Å². The van der Waals surface area contributed by atoms with Crippen LogP contribution in [0.1, 0.15) is 37.6 Å². The van der Waals surface area contributed by atoms with Gasteiger partial charge >= 0.3 is 0 Å². The molecule has 0 aliphatic carbocycles. The first-order valence-corrected chi connectivity index (χ1v) is 5.53. The van der Waals surface area contributed by atoms with Crippen LogP contribution < -0.4 is 5.32 Å². The lowest BCUT2D eigenvalue weighted by Crippen LogP contribution is -2.43. The van der Waals surface area contributed by atoms with Gasteiger partial charge in [0.05, 0.1) is 10.5 Å². The number of hydrogen-bond donors (Lipinski definition) is 1. The number of nitro groups is 1. The standard InChI is InChI=1S/C12H15FN2O3/c1-4-12(2,3)14-11(16)9-7-8(15(17)18)5-6-10(9)13/h5-7H,4H2,1-3H3,(H,14,16). The van der Waals surface area contributed by atoms with Crippen LogP contribution in [0.2, 0.25) is 0 Å². The average Bonchev–Trinajstić information content (AvgIpc) is 2.28. The molecule has 1 amide bonds. The third-order valence-electron chi connectivity index (χ3n) is 2.74. The van der Waals surface area contributed by atoms with Crippen LogP contribution in [0.3, 0.4) is 0 Å². The Morgan fingerprint density at radius 3 is 2.61 bits per heavy atom. The number of nitrogens with one attached hydrogen (secondary N) is 1. The Labute approximate surface area is 104 Å². The monoisotopic (exact) mass is 254 g/mol. The van der Waals surface area contributed by atoms with Gasteiger partial charge in [0.15, 0.2) is 0 Å². The molecule has 0 unspecified atom stereocenters. The van der Waals surface area contributed by atoms with Crippen LogP contribution >= 0.6 is 0 Å². The number of hydrogen-bond acceptors (Lipinski definition) is 3. The predicted octanol–water partition coefficient (Wildman–Crippen LogP) is 2.65. The second-order valence-corrected chi connectivity index (χ2v) is 4.61. The van der Waals surface area contributed by atoms with Crippen molar-refractivity contribution in [3.05, 3.63) is 39.7 Å². The van der Waals surface area contributed by atoms with E-state index in [2.05, 4.69) is 5.32 Å². The molecule has 98 valence electrons. The Morgan fingerprint density at radius 1 is 1.50 bits per heavy atom. The molecule has 0 atom stereocenters. The lowest BCUT2D eigenvalue weighted by Gasteiger charge is -2.24. The minimum Gasteiger partial charge on any atom is -0.347 e. The molecule has 0 fully saturated rings. The van der Waals surface area contributed by atoms with Crippen molar-refractivity contribution in [3.63, 3.8) is 0 Å². The van der Waals surface area contributed by atoms with E-state index in [1.54, 1.807) is 13.8 Å². The number of nitro benzene ring substituents is 1. The van der Waals surface area contributed by atoms with Crippen molar-refractivity contribution in [2.45, 2.75) is 32.7 Å². The van der Waals surface area contributed by atoms with E-state index in [1.165, 1.54) is 0 Å². The maximum Gasteiger partial charge on any atom is 0.270 e. The van der Waals surface area contributed by atoms with Crippen LogP contribution in [-0.2, 0) is 0 Å². The summed E-state index contributed by atoms with van der Waals surface area (Å²) in [5.41, 5.74) is -1.12. The number of non-ortho nitro benzene ring substituents is 1. The lowest BCUT2D eigenvalue weighted by molar-refractivity contribution is -0.384. The van der Waals surface area contributed by atoms with Gasteiger partial charge in [0, 0.05) is 17.7 Å². The van der Waals surface area contributed by atoms with Crippen molar-refractivity contribution in [2.24, 2.45) is 0 Å². The molecule has 0 saturated carbocycles. The van der Waals surface area contributed by atoms with Crippen molar-refractivity contribution < 1.29 is 14.1 Å². The van der Waals surface area contributed by atoms with Gasteiger partial charge in [-0.1, -0.05) is 6.92 Å². The van der Waals surface area contributed by atoms with Crippen LogP contribution in [-0.4, -0.2) is 16.4 Å². The quantitative estimate of drug-likeness (QED) is 0.663. The van der Waals surface area contributed by atoms with E-state index < -0.39 is 22.2 Å². The molecule has 1 aromatic rings. The van der Waals surface area contributed by atoms with Gasteiger partial charge in [-0.3, -0.25) is 14.9 Å². The van der Waals surface area contributed by atoms with Crippen LogP contribution in [0.25, 0.3) is 0 Å². The van der Waals surface area contributed by atoms with Gasteiger partial charge in [-0.15, -0.1) is 0 Å². The summed E-state index contributed by atoms with van der Waals surface area (Å²) in [5.74, 6) is -1.42. The number of halogens is 1. The first kappa shape index (κ1) is 14.1. The first-order valence-electron chi connectivity index (χ1n) is 5.53. The summed E-state index contributed by atoms with van der Waals surface area (Å²) in [7, 11) is 0. The molecule has 0 aliphatic rings. The molecule has 6 heteroatoms. The van der Waals surface area contributed by atoms with E-state index in [1.807, 2.05) is 6.92 Å². The Morgan fingerprint density at radius 2 is 2.11 bits per heavy atom. The summed E-state index contributed by atoms with van der Waals surface area (Å²) in [5, 5.41) is 13.2. The maximum absolute atomic E-state index is 13.5. The fourth-order valence-corrected chi connectivity index (χ4v) is 1.26. The highest BCUT2D eigenvalue weighted by Crippen LogP contribution is 2.18. The summed E-state index contributed by atoms with van der Waals surface area (Å²) >= 11 is 0. The molecule has 0 aliphatic heterocycles. The molecule has 1 rings (SSSR count). The van der Waals surface area contributed by atoms with Crippen molar-refractivity contribution in [1.29, 1.82) is 0 Å². The van der Waals surface area contributed by atoms with Crippen LogP contribution in [0.4, 0.5) is 10.1 Å². The van der Waals surface area contributed by atoms with Crippen LogP contribution in [0.5, 0.6) is 0 Å². The molecular weight excluding hydrogens is 239 g/mol. The molecule has 0 heterocycles. The Hall–Kier alpha value is -1.98. The average molecular weight is 254 g/mol.